The third-order valence-electron chi connectivity index (χ3n) is 11.3. The van der Waals surface area contributed by atoms with Crippen LogP contribution in [0.2, 0.25) is 0 Å². The molecule has 0 aromatic heterocycles. The van der Waals surface area contributed by atoms with Crippen LogP contribution >= 0.6 is 0 Å². The van der Waals surface area contributed by atoms with Crippen LogP contribution in [0.15, 0.2) is 188 Å². The van der Waals surface area contributed by atoms with Gasteiger partial charge in [-0.15, -0.1) is 0 Å². The highest BCUT2D eigenvalue weighted by Crippen LogP contribution is 2.50. The fourth-order valence-electron chi connectivity index (χ4n) is 8.55. The predicted molar refractivity (Wildman–Crippen MR) is 222 cm³/mol. The van der Waals surface area contributed by atoms with Gasteiger partial charge in [0.05, 0.1) is 0 Å². The van der Waals surface area contributed by atoms with Crippen LogP contribution < -0.4 is 4.90 Å². The number of anilines is 3. The van der Waals surface area contributed by atoms with Crippen LogP contribution in [-0.2, 0) is 5.41 Å². The second-order valence-electron chi connectivity index (χ2n) is 14.6. The van der Waals surface area contributed by atoms with Crippen molar-refractivity contribution in [2.24, 2.45) is 0 Å². The molecule has 0 heterocycles. The van der Waals surface area contributed by atoms with Crippen LogP contribution in [0.5, 0.6) is 0 Å². The maximum Gasteiger partial charge on any atom is 0.0468 e. The summed E-state index contributed by atoms with van der Waals surface area (Å²) in [4.78, 5) is 2.40. The molecule has 1 aliphatic carbocycles. The van der Waals surface area contributed by atoms with Gasteiger partial charge in [-0.25, -0.2) is 0 Å². The van der Waals surface area contributed by atoms with Crippen molar-refractivity contribution >= 4 is 49.4 Å². The van der Waals surface area contributed by atoms with E-state index in [0.717, 1.165) is 17.1 Å². The average molecular weight is 664 g/mol. The van der Waals surface area contributed by atoms with Gasteiger partial charge in [-0.3, -0.25) is 0 Å². The first-order chi connectivity index (χ1) is 25.5. The lowest BCUT2D eigenvalue weighted by Crippen LogP contribution is -2.15. The van der Waals surface area contributed by atoms with Crippen LogP contribution in [-0.4, -0.2) is 0 Å². The molecule has 9 aromatic rings. The van der Waals surface area contributed by atoms with Crippen molar-refractivity contribution < 1.29 is 0 Å². The van der Waals surface area contributed by atoms with Gasteiger partial charge in [0, 0.05) is 22.5 Å². The molecule has 0 fully saturated rings. The molecule has 10 rings (SSSR count). The molecule has 0 radical (unpaired) electrons. The van der Waals surface area contributed by atoms with E-state index in [1.54, 1.807) is 0 Å². The Hall–Kier alpha value is -6.44. The summed E-state index contributed by atoms with van der Waals surface area (Å²) < 4.78 is 0. The first-order valence-electron chi connectivity index (χ1n) is 18.2. The molecule has 0 amide bonds. The number of fused-ring (bicyclic) bond motifs is 7. The number of benzene rings is 9. The minimum absolute atomic E-state index is 0.0395. The van der Waals surface area contributed by atoms with Crippen LogP contribution in [0.25, 0.3) is 65.7 Å². The molecule has 0 spiro atoms. The molecule has 0 N–H and O–H groups in total. The molecule has 52 heavy (non-hydrogen) atoms. The van der Waals surface area contributed by atoms with Gasteiger partial charge in [-0.2, -0.15) is 0 Å². The van der Waals surface area contributed by atoms with Gasteiger partial charge in [0.25, 0.3) is 0 Å². The van der Waals surface area contributed by atoms with E-state index in [1.807, 2.05) is 0 Å². The van der Waals surface area contributed by atoms with Crippen molar-refractivity contribution in [3.8, 4) is 33.4 Å². The quantitative estimate of drug-likeness (QED) is 0.166. The number of hydrogen-bond donors (Lipinski definition) is 0. The van der Waals surface area contributed by atoms with E-state index in [2.05, 4.69) is 207 Å². The standard InChI is InChI=1S/C51H37N/c1-51(2)49-17-8-7-14-47(49)48-33-42(29-31-50(48)51)52(40-25-20-35(21-26-40)39-19-18-34-10-3-4-12-38(34)32-39)41-27-22-37(23-28-41)44-15-9-16-45-43-13-6-5-11-36(43)24-30-46(44)45/h3-33H,1-2H3. The Balaban J connectivity index is 1.09. The molecular weight excluding hydrogens is 627 g/mol. The average Bonchev–Trinajstić information content (AvgIpc) is 3.43. The molecule has 0 atom stereocenters. The first kappa shape index (κ1) is 30.4. The van der Waals surface area contributed by atoms with Gasteiger partial charge in [0.15, 0.2) is 0 Å². The summed E-state index contributed by atoms with van der Waals surface area (Å²) in [5.74, 6) is 0. The Morgan fingerprint density at radius 3 is 1.71 bits per heavy atom. The van der Waals surface area contributed by atoms with Crippen molar-refractivity contribution in [2.75, 3.05) is 4.90 Å². The molecule has 246 valence electrons. The number of nitrogens with zero attached hydrogens (tertiary/aromatic N) is 1. The van der Waals surface area contributed by atoms with E-state index in [4.69, 9.17) is 0 Å². The smallest absolute Gasteiger partial charge is 0.0468 e. The summed E-state index contributed by atoms with van der Waals surface area (Å²) >= 11 is 0. The monoisotopic (exact) mass is 663 g/mol. The van der Waals surface area contributed by atoms with E-state index in [-0.39, 0.29) is 5.41 Å². The first-order valence-corrected chi connectivity index (χ1v) is 18.2. The van der Waals surface area contributed by atoms with Gasteiger partial charge in [-0.05, 0) is 119 Å². The van der Waals surface area contributed by atoms with Crippen LogP contribution in [0, 0.1) is 0 Å². The van der Waals surface area contributed by atoms with Crippen molar-refractivity contribution in [2.45, 2.75) is 19.3 Å². The van der Waals surface area contributed by atoms with Gasteiger partial charge >= 0.3 is 0 Å². The molecule has 0 saturated carbocycles. The van der Waals surface area contributed by atoms with Gasteiger partial charge in [0.2, 0.25) is 0 Å². The molecular formula is C51H37N. The molecule has 0 aliphatic heterocycles. The summed E-state index contributed by atoms with van der Waals surface area (Å²) in [6.45, 7) is 4.69. The molecule has 0 saturated heterocycles. The zero-order chi connectivity index (χ0) is 34.8. The summed E-state index contributed by atoms with van der Waals surface area (Å²) in [7, 11) is 0. The zero-order valence-electron chi connectivity index (χ0n) is 29.3. The van der Waals surface area contributed by atoms with Gasteiger partial charge < -0.3 is 4.90 Å². The van der Waals surface area contributed by atoms with E-state index >= 15 is 0 Å². The second kappa shape index (κ2) is 11.8. The summed E-state index contributed by atoms with van der Waals surface area (Å²) in [5.41, 5.74) is 13.7. The number of hydrogen-bond acceptors (Lipinski definition) is 1. The van der Waals surface area contributed by atoms with Crippen molar-refractivity contribution in [3.05, 3.63) is 199 Å². The lowest BCUT2D eigenvalue weighted by Gasteiger charge is -2.27. The largest absolute Gasteiger partial charge is 0.310 e. The molecule has 0 bridgehead atoms. The Labute approximate surface area is 305 Å². The van der Waals surface area contributed by atoms with Crippen molar-refractivity contribution in [1.82, 2.24) is 0 Å². The highest BCUT2D eigenvalue weighted by molar-refractivity contribution is 6.12. The minimum Gasteiger partial charge on any atom is -0.310 e. The molecule has 9 aromatic carbocycles. The Morgan fingerprint density at radius 1 is 0.327 bits per heavy atom. The summed E-state index contributed by atoms with van der Waals surface area (Å²) in [6, 6.07) is 69.2. The zero-order valence-corrected chi connectivity index (χ0v) is 29.3. The van der Waals surface area contributed by atoms with Crippen LogP contribution in [0.3, 0.4) is 0 Å². The third kappa shape index (κ3) is 4.85. The number of rotatable bonds is 5. The highest BCUT2D eigenvalue weighted by atomic mass is 15.1. The second-order valence-corrected chi connectivity index (χ2v) is 14.6. The minimum atomic E-state index is -0.0395. The van der Waals surface area contributed by atoms with Crippen molar-refractivity contribution in [1.29, 1.82) is 0 Å². The Bertz CT molecular complexity index is 2810. The fourth-order valence-corrected chi connectivity index (χ4v) is 8.55. The third-order valence-corrected chi connectivity index (χ3v) is 11.3. The molecule has 1 heteroatoms. The lowest BCUT2D eigenvalue weighted by molar-refractivity contribution is 0.660. The molecule has 1 nitrogen and oxygen atoms in total. The lowest BCUT2D eigenvalue weighted by atomic mass is 9.82. The SMILES string of the molecule is CC1(C)c2ccccc2-c2cc(N(c3ccc(-c4ccc5ccccc5c4)cc3)c3ccc(-c4cccc5c4ccc4ccccc45)cc3)ccc21. The normalized spacial score (nSPS) is 13.0. The molecule has 0 unspecified atom stereocenters. The Morgan fingerprint density at radius 2 is 0.904 bits per heavy atom. The Kier molecular flexibility index (Phi) is 6.91. The van der Waals surface area contributed by atoms with Crippen molar-refractivity contribution in [3.63, 3.8) is 0 Å². The van der Waals surface area contributed by atoms with E-state index < -0.39 is 0 Å². The topological polar surface area (TPSA) is 3.24 Å². The predicted octanol–water partition coefficient (Wildman–Crippen LogP) is 14.3. The molecule has 1 aliphatic rings. The fraction of sp³-hybridized carbons (Fsp3) is 0.0588. The van der Waals surface area contributed by atoms with E-state index in [9.17, 15) is 0 Å². The highest BCUT2D eigenvalue weighted by Gasteiger charge is 2.35. The van der Waals surface area contributed by atoms with E-state index in [1.165, 1.54) is 76.8 Å². The van der Waals surface area contributed by atoms with E-state index in [0.29, 0.717) is 0 Å². The van der Waals surface area contributed by atoms with Gasteiger partial charge in [-0.1, -0.05) is 159 Å². The maximum absolute atomic E-state index is 2.40. The maximum atomic E-state index is 2.40. The summed E-state index contributed by atoms with van der Waals surface area (Å²) in [6.07, 6.45) is 0. The summed E-state index contributed by atoms with van der Waals surface area (Å²) in [5, 5.41) is 7.63. The van der Waals surface area contributed by atoms with Crippen LogP contribution in [0.4, 0.5) is 17.1 Å². The van der Waals surface area contributed by atoms with Crippen LogP contribution in [0.1, 0.15) is 25.0 Å². The van der Waals surface area contributed by atoms with Gasteiger partial charge in [0.1, 0.15) is 0 Å².